The fourth-order valence-corrected chi connectivity index (χ4v) is 1.07. The molecule has 0 fully saturated rings. The molecule has 1 rings (SSSR count). The molecule has 1 aromatic carbocycles. The van der Waals surface area contributed by atoms with Gasteiger partial charge in [0.2, 0.25) is 0 Å². The Kier molecular flexibility index (Phi) is 6.44. The second-order valence-corrected chi connectivity index (χ2v) is 2.91. The van der Waals surface area contributed by atoms with E-state index in [-0.39, 0.29) is 24.8 Å². The Balaban J connectivity index is 0.00000225. The topological polar surface area (TPSA) is 55.6 Å². The molecule has 0 aromatic heterocycles. The Morgan fingerprint density at radius 2 is 2.00 bits per heavy atom. The summed E-state index contributed by atoms with van der Waals surface area (Å²) in [6.07, 6.45) is 0. The zero-order valence-electron chi connectivity index (χ0n) is 8.85. The van der Waals surface area contributed by atoms with Gasteiger partial charge in [0.05, 0.1) is 12.3 Å². The second kappa shape index (κ2) is 7.03. The Labute approximate surface area is 99.6 Å². The van der Waals surface area contributed by atoms with Crippen LogP contribution in [-0.2, 0) is 9.53 Å². The number of hydrogen-bond donors (Lipinski definition) is 1. The molecule has 0 atom stereocenters. The Bertz CT molecular complexity index is 332. The number of carbonyl (C=O) groups excluding carboxylic acids is 1. The first kappa shape index (κ1) is 14.7. The fraction of sp³-hybridized carbons (Fsp3) is 0.300. The lowest BCUT2D eigenvalue weighted by Gasteiger charge is -2.17. The maximum atomic E-state index is 12.6. The number of hydrazine groups is 1. The van der Waals surface area contributed by atoms with Crippen molar-refractivity contribution in [3.05, 3.63) is 30.1 Å². The summed E-state index contributed by atoms with van der Waals surface area (Å²) in [6.45, 7) is 1.98. The maximum Gasteiger partial charge on any atom is 0.327 e. The highest BCUT2D eigenvalue weighted by molar-refractivity contribution is 5.85. The van der Waals surface area contributed by atoms with E-state index < -0.39 is 5.97 Å². The molecule has 2 N–H and O–H groups in total. The molecule has 0 amide bonds. The minimum absolute atomic E-state index is 0. The largest absolute Gasteiger partial charge is 0.465 e. The highest BCUT2D eigenvalue weighted by atomic mass is 35.5. The van der Waals surface area contributed by atoms with Crippen LogP contribution < -0.4 is 10.9 Å². The molecule has 0 heterocycles. The minimum Gasteiger partial charge on any atom is -0.465 e. The third kappa shape index (κ3) is 4.46. The number of halogens is 2. The quantitative estimate of drug-likeness (QED) is 0.498. The van der Waals surface area contributed by atoms with Crippen LogP contribution in [0, 0.1) is 5.82 Å². The lowest BCUT2D eigenvalue weighted by atomic mass is 10.3. The molecule has 0 saturated carbocycles. The lowest BCUT2D eigenvalue weighted by Crippen LogP contribution is -2.36. The van der Waals surface area contributed by atoms with Gasteiger partial charge in [-0.1, -0.05) is 0 Å². The van der Waals surface area contributed by atoms with E-state index in [1.807, 2.05) is 0 Å². The van der Waals surface area contributed by atoms with E-state index in [1.54, 1.807) is 6.92 Å². The summed E-state index contributed by atoms with van der Waals surface area (Å²) >= 11 is 0. The molecule has 0 saturated heterocycles. The molecule has 16 heavy (non-hydrogen) atoms. The molecule has 4 nitrogen and oxygen atoms in total. The third-order valence-electron chi connectivity index (χ3n) is 1.76. The SMILES string of the molecule is CCOC(=O)CN(N)c1ccc(F)cc1.Cl. The summed E-state index contributed by atoms with van der Waals surface area (Å²) in [7, 11) is 0. The van der Waals surface area contributed by atoms with Crippen LogP contribution in [0.25, 0.3) is 0 Å². The molecule has 6 heteroatoms. The Hall–Kier alpha value is -1.33. The highest BCUT2D eigenvalue weighted by Gasteiger charge is 2.08. The van der Waals surface area contributed by atoms with Crippen LogP contribution in [0.4, 0.5) is 10.1 Å². The molecule has 0 spiro atoms. The number of ether oxygens (including phenoxy) is 1. The molecular formula is C10H14ClFN2O2. The molecule has 0 aliphatic rings. The lowest BCUT2D eigenvalue weighted by molar-refractivity contribution is -0.141. The van der Waals surface area contributed by atoms with Crippen LogP contribution in [0.2, 0.25) is 0 Å². The van der Waals surface area contributed by atoms with E-state index in [9.17, 15) is 9.18 Å². The Morgan fingerprint density at radius 3 is 2.50 bits per heavy atom. The van der Waals surface area contributed by atoms with E-state index in [0.717, 1.165) is 0 Å². The van der Waals surface area contributed by atoms with Crippen LogP contribution >= 0.6 is 12.4 Å². The summed E-state index contributed by atoms with van der Waals surface area (Å²) in [4.78, 5) is 11.1. The Morgan fingerprint density at radius 1 is 1.44 bits per heavy atom. The fourth-order valence-electron chi connectivity index (χ4n) is 1.07. The van der Waals surface area contributed by atoms with Gasteiger partial charge in [-0.2, -0.15) is 0 Å². The predicted octanol–water partition coefficient (Wildman–Crippen LogP) is 1.49. The summed E-state index contributed by atoms with van der Waals surface area (Å²) in [5, 5.41) is 1.21. The molecule has 90 valence electrons. The molecule has 1 aromatic rings. The summed E-state index contributed by atoms with van der Waals surface area (Å²) in [5.74, 6) is 4.83. The van der Waals surface area contributed by atoms with Gasteiger partial charge in [0.1, 0.15) is 12.4 Å². The van der Waals surface area contributed by atoms with Crippen molar-refractivity contribution in [3.63, 3.8) is 0 Å². The van der Waals surface area contributed by atoms with Crippen LogP contribution in [-0.4, -0.2) is 19.1 Å². The summed E-state index contributed by atoms with van der Waals surface area (Å²) in [6, 6.07) is 5.55. The first-order valence-electron chi connectivity index (χ1n) is 4.57. The number of nitrogens with zero attached hydrogens (tertiary/aromatic N) is 1. The van der Waals surface area contributed by atoms with Gasteiger partial charge in [-0.25, -0.2) is 10.2 Å². The van der Waals surface area contributed by atoms with Crippen LogP contribution in [0.5, 0.6) is 0 Å². The van der Waals surface area contributed by atoms with Gasteiger partial charge in [-0.05, 0) is 31.2 Å². The molecule has 0 unspecified atom stereocenters. The van der Waals surface area contributed by atoms with E-state index >= 15 is 0 Å². The number of esters is 1. The van der Waals surface area contributed by atoms with Crippen LogP contribution in [0.3, 0.4) is 0 Å². The van der Waals surface area contributed by atoms with Crippen molar-refractivity contribution in [2.45, 2.75) is 6.92 Å². The van der Waals surface area contributed by atoms with E-state index in [0.29, 0.717) is 12.3 Å². The number of carbonyl (C=O) groups is 1. The van der Waals surface area contributed by atoms with Gasteiger partial charge >= 0.3 is 5.97 Å². The molecule has 0 aliphatic carbocycles. The van der Waals surface area contributed by atoms with Crippen molar-refractivity contribution < 1.29 is 13.9 Å². The van der Waals surface area contributed by atoms with Crippen molar-refractivity contribution in [2.75, 3.05) is 18.2 Å². The van der Waals surface area contributed by atoms with Gasteiger partial charge < -0.3 is 4.74 Å². The maximum absolute atomic E-state index is 12.6. The molecule has 0 radical (unpaired) electrons. The number of benzene rings is 1. The van der Waals surface area contributed by atoms with Crippen molar-refractivity contribution in [1.82, 2.24) is 0 Å². The monoisotopic (exact) mass is 248 g/mol. The average Bonchev–Trinajstić information content (AvgIpc) is 2.18. The van der Waals surface area contributed by atoms with Gasteiger partial charge in [-0.3, -0.25) is 9.80 Å². The third-order valence-corrected chi connectivity index (χ3v) is 1.76. The van der Waals surface area contributed by atoms with E-state index in [1.165, 1.54) is 29.3 Å². The number of rotatable bonds is 4. The van der Waals surface area contributed by atoms with Crippen molar-refractivity contribution >= 4 is 24.1 Å². The molecule has 0 aliphatic heterocycles. The number of hydrogen-bond acceptors (Lipinski definition) is 4. The zero-order valence-corrected chi connectivity index (χ0v) is 9.67. The predicted molar refractivity (Wildman–Crippen MR) is 61.8 cm³/mol. The average molecular weight is 249 g/mol. The van der Waals surface area contributed by atoms with Gasteiger partial charge in [-0.15, -0.1) is 12.4 Å². The summed E-state index contributed by atoms with van der Waals surface area (Å²) < 4.78 is 17.3. The first-order chi connectivity index (χ1) is 7.13. The van der Waals surface area contributed by atoms with Gasteiger partial charge in [0.15, 0.2) is 0 Å². The minimum atomic E-state index is -0.413. The second-order valence-electron chi connectivity index (χ2n) is 2.91. The van der Waals surface area contributed by atoms with Gasteiger partial charge in [0.25, 0.3) is 0 Å². The molecular weight excluding hydrogens is 235 g/mol. The van der Waals surface area contributed by atoms with E-state index in [4.69, 9.17) is 10.6 Å². The number of nitrogens with two attached hydrogens (primary N) is 1. The van der Waals surface area contributed by atoms with Crippen molar-refractivity contribution in [3.8, 4) is 0 Å². The standard InChI is InChI=1S/C10H13FN2O2.ClH/c1-2-15-10(14)7-13(12)9-5-3-8(11)4-6-9;/h3-6H,2,7,12H2,1H3;1H. The smallest absolute Gasteiger partial charge is 0.327 e. The first-order valence-corrected chi connectivity index (χ1v) is 4.57. The van der Waals surface area contributed by atoms with Crippen LogP contribution in [0.15, 0.2) is 24.3 Å². The van der Waals surface area contributed by atoms with Gasteiger partial charge in [0, 0.05) is 0 Å². The van der Waals surface area contributed by atoms with Crippen molar-refractivity contribution in [2.24, 2.45) is 5.84 Å². The highest BCUT2D eigenvalue weighted by Crippen LogP contribution is 2.11. The zero-order chi connectivity index (χ0) is 11.3. The summed E-state index contributed by atoms with van der Waals surface area (Å²) in [5.41, 5.74) is 0.560. The molecule has 0 bridgehead atoms. The van der Waals surface area contributed by atoms with Crippen molar-refractivity contribution in [1.29, 1.82) is 0 Å². The normalized spacial score (nSPS) is 9.19. The van der Waals surface area contributed by atoms with E-state index in [2.05, 4.69) is 0 Å². The number of anilines is 1. The van der Waals surface area contributed by atoms with Crippen LogP contribution in [0.1, 0.15) is 6.92 Å².